The summed E-state index contributed by atoms with van der Waals surface area (Å²) < 4.78 is 5.73. The van der Waals surface area contributed by atoms with Crippen LogP contribution in [0.15, 0.2) is 5.38 Å². The van der Waals surface area contributed by atoms with Crippen LogP contribution in [0.25, 0.3) is 0 Å². The molecular weight excluding hydrogens is 234 g/mol. The Labute approximate surface area is 107 Å². The number of ether oxygens (including phenoxy) is 1. The smallest absolute Gasteiger partial charge is 0.185 e. The van der Waals surface area contributed by atoms with Crippen molar-refractivity contribution in [2.45, 2.75) is 38.3 Å². The van der Waals surface area contributed by atoms with Crippen molar-refractivity contribution in [2.75, 3.05) is 25.1 Å². The molecule has 0 radical (unpaired) electrons. The zero-order valence-corrected chi connectivity index (χ0v) is 11.4. The van der Waals surface area contributed by atoms with E-state index in [1.165, 1.54) is 12.8 Å². The molecule has 4 nitrogen and oxygen atoms in total. The van der Waals surface area contributed by atoms with Crippen LogP contribution in [0.5, 0.6) is 0 Å². The number of hydrogen-bond donors (Lipinski definition) is 1. The molecule has 2 rings (SSSR count). The lowest BCUT2D eigenvalue weighted by Crippen LogP contribution is -2.33. The summed E-state index contributed by atoms with van der Waals surface area (Å²) in [6, 6.07) is 0.0133. The third-order valence-electron chi connectivity index (χ3n) is 3.05. The summed E-state index contributed by atoms with van der Waals surface area (Å²) >= 11 is 1.65. The molecule has 1 aliphatic heterocycles. The van der Waals surface area contributed by atoms with Crippen molar-refractivity contribution >= 4 is 16.5 Å². The van der Waals surface area contributed by atoms with E-state index >= 15 is 0 Å². The first-order valence-corrected chi connectivity index (χ1v) is 7.08. The molecule has 96 valence electrons. The fourth-order valence-electron chi connectivity index (χ4n) is 2.00. The molecule has 2 N–H and O–H groups in total. The summed E-state index contributed by atoms with van der Waals surface area (Å²) in [5.41, 5.74) is 6.79. The molecule has 5 heteroatoms. The number of anilines is 1. The van der Waals surface area contributed by atoms with Crippen LogP contribution in [-0.4, -0.2) is 31.3 Å². The molecule has 0 aliphatic carbocycles. The van der Waals surface area contributed by atoms with Crippen LogP contribution in [0.1, 0.15) is 37.9 Å². The maximum atomic E-state index is 5.81. The van der Waals surface area contributed by atoms with Crippen LogP contribution in [0.2, 0.25) is 0 Å². The van der Waals surface area contributed by atoms with E-state index in [9.17, 15) is 0 Å². The zero-order valence-electron chi connectivity index (χ0n) is 10.6. The average molecular weight is 255 g/mol. The Morgan fingerprint density at radius 3 is 3.06 bits per heavy atom. The predicted molar refractivity (Wildman–Crippen MR) is 71.6 cm³/mol. The summed E-state index contributed by atoms with van der Waals surface area (Å²) in [5, 5.41) is 3.07. The standard InChI is InChI=1S/C12H21N3OS/c1-9(13)11-8-17-12(14-11)15(2)7-10-5-3-4-6-16-10/h8-10H,3-7,13H2,1-2H3. The molecule has 2 atom stereocenters. The zero-order chi connectivity index (χ0) is 12.3. The number of hydrogen-bond acceptors (Lipinski definition) is 5. The van der Waals surface area contributed by atoms with Crippen molar-refractivity contribution in [1.29, 1.82) is 0 Å². The minimum absolute atomic E-state index is 0.0133. The van der Waals surface area contributed by atoms with Gasteiger partial charge in [0.1, 0.15) is 0 Å². The summed E-state index contributed by atoms with van der Waals surface area (Å²) in [5.74, 6) is 0. The van der Waals surface area contributed by atoms with Gasteiger partial charge in [0.25, 0.3) is 0 Å². The number of rotatable bonds is 4. The summed E-state index contributed by atoms with van der Waals surface area (Å²) in [4.78, 5) is 6.71. The van der Waals surface area contributed by atoms with Crippen molar-refractivity contribution in [3.63, 3.8) is 0 Å². The molecule has 2 heterocycles. The van der Waals surface area contributed by atoms with Gasteiger partial charge in [0.15, 0.2) is 5.13 Å². The normalized spacial score (nSPS) is 22.4. The van der Waals surface area contributed by atoms with Gasteiger partial charge in [-0.05, 0) is 26.2 Å². The quantitative estimate of drug-likeness (QED) is 0.896. The van der Waals surface area contributed by atoms with Crippen LogP contribution in [0.4, 0.5) is 5.13 Å². The third kappa shape index (κ3) is 3.40. The van der Waals surface area contributed by atoms with Crippen LogP contribution in [-0.2, 0) is 4.74 Å². The molecule has 0 saturated carbocycles. The van der Waals surface area contributed by atoms with E-state index in [4.69, 9.17) is 10.5 Å². The molecule has 1 aromatic heterocycles. The molecule has 0 aromatic carbocycles. The van der Waals surface area contributed by atoms with Crippen molar-refractivity contribution in [1.82, 2.24) is 4.98 Å². The highest BCUT2D eigenvalue weighted by Gasteiger charge is 2.18. The lowest BCUT2D eigenvalue weighted by atomic mass is 10.1. The van der Waals surface area contributed by atoms with Crippen LogP contribution < -0.4 is 10.6 Å². The molecule has 1 fully saturated rings. The average Bonchev–Trinajstić information content (AvgIpc) is 2.79. The van der Waals surface area contributed by atoms with Gasteiger partial charge in [0.2, 0.25) is 0 Å². The molecule has 0 bridgehead atoms. The van der Waals surface area contributed by atoms with Crippen molar-refractivity contribution in [3.05, 3.63) is 11.1 Å². The first-order valence-electron chi connectivity index (χ1n) is 6.20. The molecule has 0 spiro atoms. The summed E-state index contributed by atoms with van der Waals surface area (Å²) in [7, 11) is 2.07. The van der Waals surface area contributed by atoms with E-state index in [1.54, 1.807) is 11.3 Å². The Hall–Kier alpha value is -0.650. The van der Waals surface area contributed by atoms with Crippen molar-refractivity contribution in [3.8, 4) is 0 Å². The van der Waals surface area contributed by atoms with Gasteiger partial charge >= 0.3 is 0 Å². The molecule has 17 heavy (non-hydrogen) atoms. The Kier molecular flexibility index (Phi) is 4.36. The van der Waals surface area contributed by atoms with Gasteiger partial charge in [-0.25, -0.2) is 4.98 Å². The molecule has 0 amide bonds. The Bertz CT molecular complexity index is 347. The second-order valence-corrected chi connectivity index (χ2v) is 5.55. The van der Waals surface area contributed by atoms with E-state index in [0.717, 1.165) is 30.4 Å². The first kappa shape index (κ1) is 12.8. The Morgan fingerprint density at radius 2 is 2.47 bits per heavy atom. The lowest BCUT2D eigenvalue weighted by molar-refractivity contribution is 0.0216. The minimum atomic E-state index is 0.0133. The van der Waals surface area contributed by atoms with Gasteiger partial charge in [-0.15, -0.1) is 11.3 Å². The van der Waals surface area contributed by atoms with E-state index in [1.807, 2.05) is 12.3 Å². The van der Waals surface area contributed by atoms with Gasteiger partial charge in [0.05, 0.1) is 11.8 Å². The molecule has 1 aromatic rings. The molecule has 2 unspecified atom stereocenters. The monoisotopic (exact) mass is 255 g/mol. The Balaban J connectivity index is 1.91. The fraction of sp³-hybridized carbons (Fsp3) is 0.750. The fourth-order valence-corrected chi connectivity index (χ4v) is 2.90. The second-order valence-electron chi connectivity index (χ2n) is 4.71. The summed E-state index contributed by atoms with van der Waals surface area (Å²) in [6.07, 6.45) is 4.00. The maximum Gasteiger partial charge on any atom is 0.185 e. The van der Waals surface area contributed by atoms with Gasteiger partial charge < -0.3 is 15.4 Å². The predicted octanol–water partition coefficient (Wildman–Crippen LogP) is 2.17. The van der Waals surface area contributed by atoms with E-state index in [2.05, 4.69) is 16.9 Å². The van der Waals surface area contributed by atoms with Crippen LogP contribution >= 0.6 is 11.3 Å². The topological polar surface area (TPSA) is 51.4 Å². The molecule has 1 saturated heterocycles. The van der Waals surface area contributed by atoms with Gasteiger partial charge in [-0.1, -0.05) is 0 Å². The largest absolute Gasteiger partial charge is 0.376 e. The Morgan fingerprint density at radius 1 is 1.65 bits per heavy atom. The number of nitrogens with zero attached hydrogens (tertiary/aromatic N) is 2. The highest BCUT2D eigenvalue weighted by Crippen LogP contribution is 2.23. The highest BCUT2D eigenvalue weighted by atomic mass is 32.1. The lowest BCUT2D eigenvalue weighted by Gasteiger charge is -2.27. The number of nitrogens with two attached hydrogens (primary N) is 1. The first-order chi connectivity index (χ1) is 8.16. The second kappa shape index (κ2) is 5.80. The maximum absolute atomic E-state index is 5.81. The van der Waals surface area contributed by atoms with Crippen molar-refractivity contribution in [2.24, 2.45) is 5.73 Å². The third-order valence-corrected chi connectivity index (χ3v) is 4.03. The summed E-state index contributed by atoms with van der Waals surface area (Å²) in [6.45, 7) is 3.79. The van der Waals surface area contributed by atoms with Gasteiger partial charge in [0, 0.05) is 31.6 Å². The number of aromatic nitrogens is 1. The van der Waals surface area contributed by atoms with E-state index in [-0.39, 0.29) is 6.04 Å². The van der Waals surface area contributed by atoms with Crippen LogP contribution in [0.3, 0.4) is 0 Å². The highest BCUT2D eigenvalue weighted by molar-refractivity contribution is 7.13. The van der Waals surface area contributed by atoms with Crippen molar-refractivity contribution < 1.29 is 4.74 Å². The van der Waals surface area contributed by atoms with E-state index in [0.29, 0.717) is 6.10 Å². The van der Waals surface area contributed by atoms with Gasteiger partial charge in [-0.2, -0.15) is 0 Å². The van der Waals surface area contributed by atoms with Gasteiger partial charge in [-0.3, -0.25) is 0 Å². The number of thiazole rings is 1. The molecule has 1 aliphatic rings. The molecular formula is C12H21N3OS. The van der Waals surface area contributed by atoms with Crippen LogP contribution in [0, 0.1) is 0 Å². The number of likely N-dealkylation sites (N-methyl/N-ethyl adjacent to an activating group) is 1. The SMILES string of the molecule is CC(N)c1csc(N(C)CC2CCCCO2)n1. The van der Waals surface area contributed by atoms with E-state index < -0.39 is 0 Å². The minimum Gasteiger partial charge on any atom is -0.376 e.